The van der Waals surface area contributed by atoms with Gasteiger partial charge in [0, 0.05) is 25.2 Å². The first-order chi connectivity index (χ1) is 11.1. The lowest BCUT2D eigenvalue weighted by molar-refractivity contribution is -0.138. The second-order valence-corrected chi connectivity index (χ2v) is 6.40. The first-order valence-electron chi connectivity index (χ1n) is 7.95. The van der Waals surface area contributed by atoms with Crippen molar-refractivity contribution in [3.8, 4) is 6.07 Å². The van der Waals surface area contributed by atoms with Crippen molar-refractivity contribution >= 4 is 17.6 Å². The van der Waals surface area contributed by atoms with E-state index in [9.17, 15) is 10.1 Å². The zero-order valence-electron chi connectivity index (χ0n) is 16.0. The molecule has 0 atom stereocenters. The predicted octanol–water partition coefficient (Wildman–Crippen LogP) is 2.67. The molecule has 0 bridgehead atoms. The molecule has 0 saturated heterocycles. The number of esters is 1. The fraction of sp³-hybridized carbons (Fsp3) is 0.647. The Hall–Kier alpha value is -2.36. The van der Waals surface area contributed by atoms with Crippen LogP contribution in [0, 0.1) is 16.7 Å². The summed E-state index contributed by atoms with van der Waals surface area (Å²) < 4.78 is 4.91. The molecule has 0 spiro atoms. The number of ether oxygens (including phenoxy) is 1. The van der Waals surface area contributed by atoms with E-state index in [2.05, 4.69) is 36.3 Å². The summed E-state index contributed by atoms with van der Waals surface area (Å²) in [6, 6.07) is 1.89. The van der Waals surface area contributed by atoms with Crippen LogP contribution in [0.5, 0.6) is 0 Å². The van der Waals surface area contributed by atoms with Gasteiger partial charge < -0.3 is 9.64 Å². The predicted molar refractivity (Wildman–Crippen MR) is 96.4 cm³/mol. The largest absolute Gasteiger partial charge is 0.462 e. The average molecular weight is 335 g/mol. The summed E-state index contributed by atoms with van der Waals surface area (Å²) in [5.41, 5.74) is 4.01. The van der Waals surface area contributed by atoms with E-state index in [-0.39, 0.29) is 17.6 Å². The molecule has 0 aliphatic heterocycles. The molecule has 0 heterocycles. The number of nitriles is 1. The highest BCUT2D eigenvalue weighted by atomic mass is 16.5. The molecule has 0 unspecified atom stereocenters. The zero-order chi connectivity index (χ0) is 18.9. The molecule has 0 aromatic heterocycles. The van der Waals surface area contributed by atoms with Crippen LogP contribution >= 0.6 is 0 Å². The highest BCUT2D eigenvalue weighted by molar-refractivity contribution is 5.94. The van der Waals surface area contributed by atoms with Crippen molar-refractivity contribution in [2.24, 2.45) is 15.5 Å². The fourth-order valence-corrected chi connectivity index (χ4v) is 1.40. The van der Waals surface area contributed by atoms with Gasteiger partial charge in [0.2, 0.25) is 5.96 Å². The first kappa shape index (κ1) is 21.6. The number of allylic oxidation sites excluding steroid dienone is 1. The van der Waals surface area contributed by atoms with Crippen molar-refractivity contribution in [1.82, 2.24) is 10.3 Å². The minimum atomic E-state index is -0.659. The lowest BCUT2D eigenvalue weighted by Crippen LogP contribution is -2.35. The maximum absolute atomic E-state index is 11.9. The van der Waals surface area contributed by atoms with E-state index in [4.69, 9.17) is 4.74 Å². The van der Waals surface area contributed by atoms with Gasteiger partial charge in [-0.2, -0.15) is 10.4 Å². The molecule has 7 nitrogen and oxygen atoms in total. The maximum Gasteiger partial charge on any atom is 0.350 e. The third-order valence-corrected chi connectivity index (χ3v) is 3.29. The van der Waals surface area contributed by atoms with E-state index in [0.29, 0.717) is 18.1 Å². The second-order valence-electron chi connectivity index (χ2n) is 6.40. The van der Waals surface area contributed by atoms with Crippen molar-refractivity contribution in [2.75, 3.05) is 20.7 Å². The van der Waals surface area contributed by atoms with Gasteiger partial charge in [-0.05, 0) is 20.3 Å². The van der Waals surface area contributed by atoms with E-state index in [0.717, 1.165) is 5.71 Å². The Morgan fingerprint density at radius 3 is 2.25 bits per heavy atom. The molecule has 0 radical (unpaired) electrons. The summed E-state index contributed by atoms with van der Waals surface area (Å²) in [7, 11) is 3.61. The van der Waals surface area contributed by atoms with Crippen LogP contribution < -0.4 is 5.43 Å². The molecule has 0 aromatic carbocycles. The lowest BCUT2D eigenvalue weighted by Gasteiger charge is -2.20. The Morgan fingerprint density at radius 2 is 1.88 bits per heavy atom. The second kappa shape index (κ2) is 9.71. The van der Waals surface area contributed by atoms with Crippen LogP contribution in [0.25, 0.3) is 0 Å². The topological polar surface area (TPSA) is 90.1 Å². The monoisotopic (exact) mass is 335 g/mol. The first-order valence-corrected chi connectivity index (χ1v) is 7.95. The van der Waals surface area contributed by atoms with E-state index in [1.807, 2.05) is 19.9 Å². The molecule has 0 aliphatic rings. The summed E-state index contributed by atoms with van der Waals surface area (Å²) in [5, 5.41) is 13.6. The van der Waals surface area contributed by atoms with Crippen LogP contribution in [0.15, 0.2) is 21.4 Å². The van der Waals surface area contributed by atoms with Crippen molar-refractivity contribution < 1.29 is 9.53 Å². The van der Waals surface area contributed by atoms with Gasteiger partial charge in [0.1, 0.15) is 6.07 Å². The SMILES string of the molecule is CCOC(=O)/C(C#N)=C(\CC)N=C(N/N=C(\C)C(C)(C)C)N(C)C. The quantitative estimate of drug-likeness (QED) is 0.208. The minimum Gasteiger partial charge on any atom is -0.462 e. The van der Waals surface area contributed by atoms with Crippen LogP contribution in [-0.2, 0) is 9.53 Å². The van der Waals surface area contributed by atoms with E-state index >= 15 is 0 Å². The third kappa shape index (κ3) is 6.82. The lowest BCUT2D eigenvalue weighted by atomic mass is 9.91. The van der Waals surface area contributed by atoms with Crippen molar-refractivity contribution in [1.29, 1.82) is 5.26 Å². The molecule has 0 aliphatic carbocycles. The van der Waals surface area contributed by atoms with E-state index < -0.39 is 5.97 Å². The number of hydrazone groups is 1. The Bertz CT molecular complexity index is 575. The molecule has 24 heavy (non-hydrogen) atoms. The molecule has 0 fully saturated rings. The summed E-state index contributed by atoms with van der Waals surface area (Å²) in [5.74, 6) is -0.222. The van der Waals surface area contributed by atoms with Gasteiger partial charge in [-0.1, -0.05) is 27.7 Å². The zero-order valence-corrected chi connectivity index (χ0v) is 16.0. The van der Waals surface area contributed by atoms with Gasteiger partial charge in [-0.15, -0.1) is 0 Å². The molecule has 0 saturated carbocycles. The number of hydrogen-bond acceptors (Lipinski definition) is 5. The van der Waals surface area contributed by atoms with Crippen molar-refractivity contribution in [3.05, 3.63) is 11.3 Å². The van der Waals surface area contributed by atoms with Gasteiger partial charge in [-0.25, -0.2) is 15.2 Å². The summed E-state index contributed by atoms with van der Waals surface area (Å²) in [4.78, 5) is 18.0. The molecular formula is C17H29N5O2. The molecule has 0 aromatic rings. The van der Waals surface area contributed by atoms with Gasteiger partial charge in [-0.3, -0.25) is 0 Å². The van der Waals surface area contributed by atoms with Crippen LogP contribution in [0.4, 0.5) is 0 Å². The highest BCUT2D eigenvalue weighted by Gasteiger charge is 2.17. The Balaban J connectivity index is 5.78. The van der Waals surface area contributed by atoms with Crippen LogP contribution in [0.3, 0.4) is 0 Å². The summed E-state index contributed by atoms with van der Waals surface area (Å²) in [6.07, 6.45) is 0.419. The third-order valence-electron chi connectivity index (χ3n) is 3.29. The number of rotatable bonds is 5. The Morgan fingerprint density at radius 1 is 1.29 bits per heavy atom. The Kier molecular flexibility index (Phi) is 8.75. The van der Waals surface area contributed by atoms with Crippen molar-refractivity contribution in [3.63, 3.8) is 0 Å². The highest BCUT2D eigenvalue weighted by Crippen LogP contribution is 2.15. The molecule has 7 heteroatoms. The molecule has 134 valence electrons. The van der Waals surface area contributed by atoms with Gasteiger partial charge in [0.15, 0.2) is 5.57 Å². The van der Waals surface area contributed by atoms with E-state index in [1.54, 1.807) is 25.9 Å². The molecule has 1 N–H and O–H groups in total. The summed E-state index contributed by atoms with van der Waals surface area (Å²) >= 11 is 0. The molecule has 0 amide bonds. The van der Waals surface area contributed by atoms with Gasteiger partial charge in [0.05, 0.1) is 12.3 Å². The maximum atomic E-state index is 11.9. The average Bonchev–Trinajstić information content (AvgIpc) is 2.48. The number of carbonyl (C=O) groups excluding carboxylic acids is 1. The fourth-order valence-electron chi connectivity index (χ4n) is 1.40. The number of nitrogens with one attached hydrogen (secondary N) is 1. The smallest absolute Gasteiger partial charge is 0.350 e. The molecule has 0 rings (SSSR count). The Labute approximate surface area is 145 Å². The number of carbonyl (C=O) groups is 1. The number of guanidine groups is 1. The number of nitrogens with zero attached hydrogens (tertiary/aromatic N) is 4. The van der Waals surface area contributed by atoms with Gasteiger partial charge in [0.25, 0.3) is 0 Å². The van der Waals surface area contributed by atoms with Crippen LogP contribution in [0.2, 0.25) is 0 Å². The van der Waals surface area contributed by atoms with Crippen LogP contribution in [-0.4, -0.2) is 43.2 Å². The standard InChI is InChI=1S/C17H29N5O2/c1-9-14(13(11-18)15(23)24-10-2)19-16(22(7)8)21-20-12(3)17(4,5)6/h9-10H2,1-8H3,(H,19,21)/b14-13+,20-12+. The number of aliphatic imine (C=N–C) groups is 1. The molecular weight excluding hydrogens is 306 g/mol. The van der Waals surface area contributed by atoms with Gasteiger partial charge >= 0.3 is 5.97 Å². The number of hydrogen-bond donors (Lipinski definition) is 1. The van der Waals surface area contributed by atoms with E-state index in [1.165, 1.54) is 0 Å². The summed E-state index contributed by atoms with van der Waals surface area (Å²) in [6.45, 7) is 11.8. The van der Waals surface area contributed by atoms with Crippen molar-refractivity contribution in [2.45, 2.75) is 48.0 Å². The van der Waals surface area contributed by atoms with Crippen LogP contribution in [0.1, 0.15) is 48.0 Å². The normalized spacial score (nSPS) is 13.8. The minimum absolute atomic E-state index is 0.0728.